The van der Waals surface area contributed by atoms with Gasteiger partial charge in [-0.15, -0.1) is 0 Å². The minimum absolute atomic E-state index is 0.100. The van der Waals surface area contributed by atoms with Crippen molar-refractivity contribution in [1.29, 1.82) is 0 Å². The summed E-state index contributed by atoms with van der Waals surface area (Å²) < 4.78 is 33.6. The van der Waals surface area contributed by atoms with Gasteiger partial charge in [-0.1, -0.05) is 29.8 Å². The number of hydrogen-bond acceptors (Lipinski definition) is 4. The number of hydrogen-bond donors (Lipinski definition) is 1. The Bertz CT molecular complexity index is 768. The summed E-state index contributed by atoms with van der Waals surface area (Å²) in [5, 5.41) is 3.20. The van der Waals surface area contributed by atoms with E-state index in [0.717, 1.165) is 0 Å². The van der Waals surface area contributed by atoms with Gasteiger partial charge in [0.2, 0.25) is 0 Å². The summed E-state index contributed by atoms with van der Waals surface area (Å²) >= 11 is 5.86. The molecule has 0 heterocycles. The van der Waals surface area contributed by atoms with Crippen molar-refractivity contribution in [3.63, 3.8) is 0 Å². The molecule has 1 unspecified atom stereocenters. The first-order valence-corrected chi connectivity index (χ1v) is 7.95. The third-order valence-corrected chi connectivity index (χ3v) is 3.75. The van der Waals surface area contributed by atoms with Crippen LogP contribution in [-0.4, -0.2) is 25.6 Å². The van der Waals surface area contributed by atoms with E-state index in [1.807, 2.05) is 0 Å². The lowest BCUT2D eigenvalue weighted by molar-refractivity contribution is -0.141. The second kappa shape index (κ2) is 9.15. The van der Waals surface area contributed by atoms with E-state index in [1.54, 1.807) is 24.3 Å². The molecule has 2 aromatic carbocycles. The van der Waals surface area contributed by atoms with Gasteiger partial charge in [0.05, 0.1) is 19.6 Å². The lowest BCUT2D eigenvalue weighted by atomic mass is 10.0. The number of benzene rings is 2. The van der Waals surface area contributed by atoms with Crippen LogP contribution in [0.15, 0.2) is 48.5 Å². The zero-order valence-corrected chi connectivity index (χ0v) is 14.5. The van der Waals surface area contributed by atoms with Crippen LogP contribution in [0.3, 0.4) is 0 Å². The van der Waals surface area contributed by atoms with Gasteiger partial charge < -0.3 is 14.8 Å². The SMILES string of the molecule is COC(=O)CC(NC(=O)c1cccc(OC(F)F)c1)c1ccc(Cl)cc1. The molecule has 0 aromatic heterocycles. The number of methoxy groups -OCH3 is 1. The Morgan fingerprint density at radius 2 is 1.85 bits per heavy atom. The van der Waals surface area contributed by atoms with E-state index < -0.39 is 24.5 Å². The van der Waals surface area contributed by atoms with Crippen LogP contribution < -0.4 is 10.1 Å². The van der Waals surface area contributed by atoms with E-state index in [-0.39, 0.29) is 17.7 Å². The highest BCUT2D eigenvalue weighted by Gasteiger charge is 2.20. The van der Waals surface area contributed by atoms with Gasteiger partial charge in [-0.25, -0.2) is 0 Å². The fraction of sp³-hybridized carbons (Fsp3) is 0.222. The third-order valence-electron chi connectivity index (χ3n) is 3.50. The third kappa shape index (κ3) is 5.70. The molecule has 0 saturated heterocycles. The topological polar surface area (TPSA) is 64.6 Å². The number of rotatable bonds is 7. The van der Waals surface area contributed by atoms with E-state index >= 15 is 0 Å². The second-order valence-corrected chi connectivity index (χ2v) is 5.70. The van der Waals surface area contributed by atoms with Gasteiger partial charge in [-0.05, 0) is 35.9 Å². The average Bonchev–Trinajstić information content (AvgIpc) is 2.61. The highest BCUT2D eigenvalue weighted by Crippen LogP contribution is 2.22. The lowest BCUT2D eigenvalue weighted by Crippen LogP contribution is -2.30. The van der Waals surface area contributed by atoms with Crippen LogP contribution in [0, 0.1) is 0 Å². The van der Waals surface area contributed by atoms with Crippen molar-refractivity contribution < 1.29 is 27.8 Å². The molecule has 2 aromatic rings. The summed E-state index contributed by atoms with van der Waals surface area (Å²) in [5.41, 5.74) is 0.764. The first-order chi connectivity index (χ1) is 12.4. The molecule has 1 N–H and O–H groups in total. The van der Waals surface area contributed by atoms with Crippen LogP contribution in [0.1, 0.15) is 28.4 Å². The maximum Gasteiger partial charge on any atom is 0.387 e. The lowest BCUT2D eigenvalue weighted by Gasteiger charge is -2.18. The molecule has 138 valence electrons. The van der Waals surface area contributed by atoms with Gasteiger partial charge in [-0.2, -0.15) is 8.78 Å². The van der Waals surface area contributed by atoms with E-state index in [1.165, 1.54) is 31.4 Å². The zero-order chi connectivity index (χ0) is 19.1. The number of esters is 1. The summed E-state index contributed by atoms with van der Waals surface area (Å²) in [6.07, 6.45) is -0.100. The highest BCUT2D eigenvalue weighted by atomic mass is 35.5. The van der Waals surface area contributed by atoms with Crippen molar-refractivity contribution in [2.45, 2.75) is 19.1 Å². The summed E-state index contributed by atoms with van der Waals surface area (Å²) in [7, 11) is 1.24. The predicted octanol–water partition coefficient (Wildman–Crippen LogP) is 3.98. The minimum Gasteiger partial charge on any atom is -0.469 e. The number of carbonyl (C=O) groups is 2. The molecule has 1 atom stereocenters. The Labute approximate surface area is 153 Å². The first-order valence-electron chi connectivity index (χ1n) is 7.57. The number of alkyl halides is 2. The molecule has 2 rings (SSSR count). The van der Waals surface area contributed by atoms with E-state index in [9.17, 15) is 18.4 Å². The number of amides is 1. The summed E-state index contributed by atoms with van der Waals surface area (Å²) in [4.78, 5) is 24.1. The van der Waals surface area contributed by atoms with Crippen molar-refractivity contribution in [3.05, 3.63) is 64.7 Å². The monoisotopic (exact) mass is 383 g/mol. The van der Waals surface area contributed by atoms with Gasteiger partial charge in [0.25, 0.3) is 5.91 Å². The maximum absolute atomic E-state index is 12.5. The molecule has 0 radical (unpaired) electrons. The molecule has 0 aliphatic carbocycles. The van der Waals surface area contributed by atoms with E-state index in [0.29, 0.717) is 10.6 Å². The molecular formula is C18H16ClF2NO4. The number of ether oxygens (including phenoxy) is 2. The number of carbonyl (C=O) groups excluding carboxylic acids is 2. The summed E-state index contributed by atoms with van der Waals surface area (Å²) in [6, 6.07) is 11.3. The Balaban J connectivity index is 2.20. The number of nitrogens with one attached hydrogen (secondary N) is 1. The van der Waals surface area contributed by atoms with Crippen molar-refractivity contribution in [2.24, 2.45) is 0 Å². The van der Waals surface area contributed by atoms with Gasteiger partial charge in [0, 0.05) is 10.6 Å². The molecule has 8 heteroatoms. The Morgan fingerprint density at radius 1 is 1.15 bits per heavy atom. The molecular weight excluding hydrogens is 368 g/mol. The number of halogens is 3. The van der Waals surface area contributed by atoms with Crippen molar-refractivity contribution in [1.82, 2.24) is 5.32 Å². The molecule has 1 amide bonds. The van der Waals surface area contributed by atoms with Gasteiger partial charge in [-0.3, -0.25) is 9.59 Å². The summed E-state index contributed by atoms with van der Waals surface area (Å²) in [5.74, 6) is -1.20. The van der Waals surface area contributed by atoms with Crippen molar-refractivity contribution >= 4 is 23.5 Å². The Morgan fingerprint density at radius 3 is 2.46 bits per heavy atom. The van der Waals surface area contributed by atoms with Crippen molar-refractivity contribution in [3.8, 4) is 5.75 Å². The standard InChI is InChI=1S/C18H16ClF2NO4/c1-25-16(23)10-15(11-5-7-13(19)8-6-11)22-17(24)12-3-2-4-14(9-12)26-18(20)21/h2-9,15,18H,10H2,1H3,(H,22,24). The van der Waals surface area contributed by atoms with Crippen LogP contribution in [0.25, 0.3) is 0 Å². The fourth-order valence-electron chi connectivity index (χ4n) is 2.25. The smallest absolute Gasteiger partial charge is 0.387 e. The quantitative estimate of drug-likeness (QED) is 0.735. The highest BCUT2D eigenvalue weighted by molar-refractivity contribution is 6.30. The van der Waals surface area contributed by atoms with Crippen LogP contribution in [-0.2, 0) is 9.53 Å². The minimum atomic E-state index is -2.99. The molecule has 5 nitrogen and oxygen atoms in total. The van der Waals surface area contributed by atoms with Crippen LogP contribution >= 0.6 is 11.6 Å². The Kier molecular flexibility index (Phi) is 6.91. The fourth-order valence-corrected chi connectivity index (χ4v) is 2.38. The Hall–Kier alpha value is -2.67. The first kappa shape index (κ1) is 19.7. The molecule has 26 heavy (non-hydrogen) atoms. The van der Waals surface area contributed by atoms with E-state index in [4.69, 9.17) is 11.6 Å². The molecule has 0 aliphatic rings. The van der Waals surface area contributed by atoms with Gasteiger partial charge in [0.15, 0.2) is 0 Å². The molecule has 0 fully saturated rings. The average molecular weight is 384 g/mol. The van der Waals surface area contributed by atoms with Crippen molar-refractivity contribution in [2.75, 3.05) is 7.11 Å². The molecule has 0 saturated carbocycles. The summed E-state index contributed by atoms with van der Waals surface area (Å²) in [6.45, 7) is -2.99. The van der Waals surface area contributed by atoms with Crippen LogP contribution in [0.2, 0.25) is 5.02 Å². The largest absolute Gasteiger partial charge is 0.469 e. The second-order valence-electron chi connectivity index (χ2n) is 5.26. The van der Waals surface area contributed by atoms with E-state index in [2.05, 4.69) is 14.8 Å². The zero-order valence-electron chi connectivity index (χ0n) is 13.7. The molecule has 0 aliphatic heterocycles. The normalized spacial score (nSPS) is 11.7. The molecule has 0 spiro atoms. The van der Waals surface area contributed by atoms with Crippen LogP contribution in [0.5, 0.6) is 5.75 Å². The maximum atomic E-state index is 12.5. The van der Waals surface area contributed by atoms with Gasteiger partial charge in [0.1, 0.15) is 5.75 Å². The molecule has 0 bridgehead atoms. The van der Waals surface area contributed by atoms with Gasteiger partial charge >= 0.3 is 12.6 Å². The predicted molar refractivity (Wildman–Crippen MR) is 91.4 cm³/mol. The van der Waals surface area contributed by atoms with Crippen LogP contribution in [0.4, 0.5) is 8.78 Å².